The number of rotatable bonds is 3. The molecule has 1 fully saturated rings. The van der Waals surface area contributed by atoms with E-state index in [9.17, 15) is 4.79 Å². The van der Waals surface area contributed by atoms with Crippen LogP contribution >= 0.6 is 11.6 Å². The fraction of sp³-hybridized carbons (Fsp3) is 0.667. The third-order valence-corrected chi connectivity index (χ3v) is 3.72. The van der Waals surface area contributed by atoms with E-state index in [1.807, 2.05) is 20.8 Å². The number of aromatic nitrogens is 2. The van der Waals surface area contributed by atoms with Crippen LogP contribution in [0.1, 0.15) is 39.3 Å². The summed E-state index contributed by atoms with van der Waals surface area (Å²) in [7, 11) is 0. The van der Waals surface area contributed by atoms with E-state index in [0.29, 0.717) is 11.7 Å². The average Bonchev–Trinajstić information content (AvgIpc) is 2.41. The normalized spacial score (nSPS) is 17.3. The topological polar surface area (TPSA) is 67.3 Å². The zero-order valence-electron chi connectivity index (χ0n) is 13.3. The van der Waals surface area contributed by atoms with Crippen molar-refractivity contribution in [3.05, 3.63) is 23.2 Å². The van der Waals surface area contributed by atoms with Crippen molar-refractivity contribution in [2.75, 3.05) is 13.1 Å². The standard InChI is InChI=1S/C15H23ClN4O2/c1-15(2,3)22-14(21)19-11-4-8-20(9-5-11)10-12-13(16)18-7-6-17-12/h6-7,11H,4-5,8-10H2,1-3H3,(H,19,21). The van der Waals surface area contributed by atoms with E-state index in [1.54, 1.807) is 12.4 Å². The minimum Gasteiger partial charge on any atom is -0.444 e. The first-order valence-electron chi connectivity index (χ1n) is 7.51. The van der Waals surface area contributed by atoms with Crippen molar-refractivity contribution in [1.82, 2.24) is 20.2 Å². The Morgan fingerprint density at radius 1 is 1.36 bits per heavy atom. The Hall–Kier alpha value is -1.40. The van der Waals surface area contributed by atoms with Crippen LogP contribution in [0.5, 0.6) is 0 Å². The molecule has 0 unspecified atom stereocenters. The van der Waals surface area contributed by atoms with Crippen molar-refractivity contribution in [2.45, 2.75) is 51.8 Å². The molecular formula is C15H23ClN4O2. The molecule has 1 N–H and O–H groups in total. The van der Waals surface area contributed by atoms with Crippen LogP contribution < -0.4 is 5.32 Å². The first-order valence-corrected chi connectivity index (χ1v) is 7.88. The van der Waals surface area contributed by atoms with Gasteiger partial charge < -0.3 is 10.1 Å². The molecule has 2 heterocycles. The molecule has 0 atom stereocenters. The van der Waals surface area contributed by atoms with E-state index in [4.69, 9.17) is 16.3 Å². The first-order chi connectivity index (χ1) is 10.3. The van der Waals surface area contributed by atoms with E-state index < -0.39 is 5.60 Å². The van der Waals surface area contributed by atoms with Crippen LogP contribution in [0.25, 0.3) is 0 Å². The molecule has 1 saturated heterocycles. The van der Waals surface area contributed by atoms with Crippen LogP contribution in [0.4, 0.5) is 4.79 Å². The molecule has 1 aromatic heterocycles. The molecule has 0 spiro atoms. The van der Waals surface area contributed by atoms with Crippen molar-refractivity contribution >= 4 is 17.7 Å². The van der Waals surface area contributed by atoms with Gasteiger partial charge in [0, 0.05) is 38.1 Å². The van der Waals surface area contributed by atoms with E-state index in [2.05, 4.69) is 20.2 Å². The summed E-state index contributed by atoms with van der Waals surface area (Å²) in [5.74, 6) is 0. The van der Waals surface area contributed by atoms with Crippen LogP contribution in [0, 0.1) is 0 Å². The second kappa shape index (κ2) is 7.24. The highest BCUT2D eigenvalue weighted by atomic mass is 35.5. The maximum Gasteiger partial charge on any atom is 0.407 e. The highest BCUT2D eigenvalue weighted by Gasteiger charge is 2.24. The Morgan fingerprint density at radius 3 is 2.59 bits per heavy atom. The van der Waals surface area contributed by atoms with Gasteiger partial charge in [0.25, 0.3) is 0 Å². The number of hydrogen-bond donors (Lipinski definition) is 1. The van der Waals surface area contributed by atoms with E-state index >= 15 is 0 Å². The molecule has 1 aliphatic heterocycles. The fourth-order valence-corrected chi connectivity index (χ4v) is 2.54. The fourth-order valence-electron chi connectivity index (χ4n) is 2.38. The Morgan fingerprint density at radius 2 is 2.00 bits per heavy atom. The molecule has 1 amide bonds. The van der Waals surface area contributed by atoms with Crippen LogP contribution in [-0.2, 0) is 11.3 Å². The highest BCUT2D eigenvalue weighted by molar-refractivity contribution is 6.29. The van der Waals surface area contributed by atoms with Crippen molar-refractivity contribution in [3.8, 4) is 0 Å². The second-order valence-corrected chi connectivity index (χ2v) is 6.85. The van der Waals surface area contributed by atoms with Gasteiger partial charge in [0.15, 0.2) is 5.15 Å². The monoisotopic (exact) mass is 326 g/mol. The van der Waals surface area contributed by atoms with Crippen molar-refractivity contribution in [3.63, 3.8) is 0 Å². The maximum atomic E-state index is 11.8. The summed E-state index contributed by atoms with van der Waals surface area (Å²) in [5.41, 5.74) is 0.329. The lowest BCUT2D eigenvalue weighted by Crippen LogP contribution is -2.45. The van der Waals surface area contributed by atoms with Crippen molar-refractivity contribution in [1.29, 1.82) is 0 Å². The number of halogens is 1. The average molecular weight is 327 g/mol. The Labute approximate surface area is 136 Å². The number of nitrogens with zero attached hydrogens (tertiary/aromatic N) is 3. The Bertz CT molecular complexity index is 511. The van der Waals surface area contributed by atoms with Gasteiger partial charge in [-0.1, -0.05) is 11.6 Å². The Kier molecular flexibility index (Phi) is 5.58. The predicted molar refractivity (Wildman–Crippen MR) is 84.7 cm³/mol. The van der Waals surface area contributed by atoms with E-state index in [0.717, 1.165) is 31.6 Å². The zero-order chi connectivity index (χ0) is 16.2. The number of amides is 1. The zero-order valence-corrected chi connectivity index (χ0v) is 14.1. The number of carbonyl (C=O) groups is 1. The lowest BCUT2D eigenvalue weighted by molar-refractivity contribution is 0.0477. The number of carbonyl (C=O) groups excluding carboxylic acids is 1. The van der Waals surface area contributed by atoms with Crippen molar-refractivity contribution in [2.24, 2.45) is 0 Å². The molecule has 0 aromatic carbocycles. The molecule has 122 valence electrons. The van der Waals surface area contributed by atoms with Crippen LogP contribution in [-0.4, -0.2) is 45.7 Å². The largest absolute Gasteiger partial charge is 0.444 e. The second-order valence-electron chi connectivity index (χ2n) is 6.49. The van der Waals surface area contributed by atoms with Crippen LogP contribution in [0.2, 0.25) is 5.15 Å². The summed E-state index contributed by atoms with van der Waals surface area (Å²) in [5, 5.41) is 3.38. The van der Waals surface area contributed by atoms with E-state index in [1.165, 1.54) is 0 Å². The number of piperidine rings is 1. The smallest absolute Gasteiger partial charge is 0.407 e. The SMILES string of the molecule is CC(C)(C)OC(=O)NC1CCN(Cc2nccnc2Cl)CC1. The van der Waals surface area contributed by atoms with Crippen LogP contribution in [0.15, 0.2) is 12.4 Å². The predicted octanol–water partition coefficient (Wildman–Crippen LogP) is 2.62. The Balaban J connectivity index is 1.76. The number of likely N-dealkylation sites (tertiary alicyclic amines) is 1. The van der Waals surface area contributed by atoms with Gasteiger partial charge in [0.05, 0.1) is 5.69 Å². The van der Waals surface area contributed by atoms with Crippen molar-refractivity contribution < 1.29 is 9.53 Å². The summed E-state index contributed by atoms with van der Waals surface area (Å²) in [4.78, 5) is 22.3. The van der Waals surface area contributed by atoms with Crippen LogP contribution in [0.3, 0.4) is 0 Å². The number of ether oxygens (including phenoxy) is 1. The highest BCUT2D eigenvalue weighted by Crippen LogP contribution is 2.17. The molecule has 1 aromatic rings. The molecule has 0 aliphatic carbocycles. The minimum atomic E-state index is -0.465. The lowest BCUT2D eigenvalue weighted by atomic mass is 10.1. The third-order valence-electron chi connectivity index (χ3n) is 3.40. The van der Waals surface area contributed by atoms with Gasteiger partial charge in [-0.15, -0.1) is 0 Å². The number of alkyl carbamates (subject to hydrolysis) is 1. The molecule has 0 radical (unpaired) electrons. The maximum absolute atomic E-state index is 11.8. The van der Waals surface area contributed by atoms with Gasteiger partial charge in [-0.25, -0.2) is 9.78 Å². The molecule has 0 saturated carbocycles. The molecule has 6 nitrogen and oxygen atoms in total. The van der Waals surface area contributed by atoms with Gasteiger partial charge in [0.2, 0.25) is 0 Å². The summed E-state index contributed by atoms with van der Waals surface area (Å²) in [6, 6.07) is 0.156. The molecular weight excluding hydrogens is 304 g/mol. The van der Waals surface area contributed by atoms with Gasteiger partial charge in [-0.2, -0.15) is 0 Å². The van der Waals surface area contributed by atoms with Gasteiger partial charge in [-0.05, 0) is 33.6 Å². The number of nitrogens with one attached hydrogen (secondary N) is 1. The number of hydrogen-bond acceptors (Lipinski definition) is 5. The first kappa shape index (κ1) is 17.0. The third kappa shape index (κ3) is 5.42. The van der Waals surface area contributed by atoms with E-state index in [-0.39, 0.29) is 12.1 Å². The minimum absolute atomic E-state index is 0.156. The summed E-state index contributed by atoms with van der Waals surface area (Å²) < 4.78 is 5.28. The quantitative estimate of drug-likeness (QED) is 0.924. The van der Waals surface area contributed by atoms with Gasteiger partial charge in [-0.3, -0.25) is 9.88 Å². The molecule has 7 heteroatoms. The van der Waals surface area contributed by atoms with Gasteiger partial charge in [0.1, 0.15) is 5.60 Å². The lowest BCUT2D eigenvalue weighted by Gasteiger charge is -2.32. The summed E-state index contributed by atoms with van der Waals surface area (Å²) in [6.45, 7) is 8.03. The molecule has 0 bridgehead atoms. The van der Waals surface area contributed by atoms with Gasteiger partial charge >= 0.3 is 6.09 Å². The molecule has 22 heavy (non-hydrogen) atoms. The molecule has 2 rings (SSSR count). The molecule has 1 aliphatic rings. The summed E-state index contributed by atoms with van der Waals surface area (Å²) in [6.07, 6.45) is 4.66. The summed E-state index contributed by atoms with van der Waals surface area (Å²) >= 11 is 6.03.